The minimum atomic E-state index is 0. The van der Waals surface area contributed by atoms with E-state index >= 15 is 0 Å². The average Bonchev–Trinajstić information content (AvgIpc) is 3.26. The number of halogens is 1. The number of anilines is 1. The van der Waals surface area contributed by atoms with Gasteiger partial charge in [0.1, 0.15) is 0 Å². The summed E-state index contributed by atoms with van der Waals surface area (Å²) in [5.41, 5.74) is 1.10. The third kappa shape index (κ3) is 5.66. The fourth-order valence-electron chi connectivity index (χ4n) is 3.16. The fraction of sp³-hybridized carbons (Fsp3) is 0.450. The van der Waals surface area contributed by atoms with Crippen molar-refractivity contribution in [2.45, 2.75) is 13.5 Å². The maximum absolute atomic E-state index is 5.39. The van der Waals surface area contributed by atoms with E-state index in [-0.39, 0.29) is 24.0 Å². The zero-order chi connectivity index (χ0) is 19.1. The van der Waals surface area contributed by atoms with Gasteiger partial charge in [-0.05, 0) is 42.1 Å². The number of methoxy groups -OCH3 is 2. The van der Waals surface area contributed by atoms with Crippen molar-refractivity contribution < 1.29 is 9.47 Å². The first-order valence-corrected chi connectivity index (χ1v) is 10.2. The summed E-state index contributed by atoms with van der Waals surface area (Å²) in [5, 5.41) is 6.91. The molecule has 28 heavy (non-hydrogen) atoms. The van der Waals surface area contributed by atoms with E-state index < -0.39 is 0 Å². The Bertz CT molecular complexity index is 747. The van der Waals surface area contributed by atoms with Gasteiger partial charge in [-0.3, -0.25) is 0 Å². The highest BCUT2D eigenvalue weighted by atomic mass is 127. The van der Waals surface area contributed by atoms with E-state index in [1.807, 2.05) is 18.2 Å². The van der Waals surface area contributed by atoms with E-state index in [1.54, 1.807) is 25.6 Å². The first-order chi connectivity index (χ1) is 13.2. The average molecular weight is 516 g/mol. The number of thiophene rings is 1. The summed E-state index contributed by atoms with van der Waals surface area (Å²) in [6.07, 6.45) is 0. The lowest BCUT2D eigenvalue weighted by Crippen LogP contribution is -2.52. The molecule has 1 fully saturated rings. The smallest absolute Gasteiger partial charge is 0.194 e. The Labute approximate surface area is 188 Å². The van der Waals surface area contributed by atoms with Crippen LogP contribution in [0.25, 0.3) is 0 Å². The number of nitrogens with zero attached hydrogens (tertiary/aromatic N) is 3. The predicted octanol–water partition coefficient (Wildman–Crippen LogP) is 3.67. The molecule has 0 spiro atoms. The molecule has 8 heteroatoms. The van der Waals surface area contributed by atoms with Crippen molar-refractivity contribution in [3.05, 3.63) is 41.3 Å². The third-order valence-electron chi connectivity index (χ3n) is 4.59. The van der Waals surface area contributed by atoms with Crippen LogP contribution in [0.4, 0.5) is 5.00 Å². The zero-order valence-corrected chi connectivity index (χ0v) is 19.8. The summed E-state index contributed by atoms with van der Waals surface area (Å²) in [6.45, 7) is 7.53. The van der Waals surface area contributed by atoms with Crippen molar-refractivity contribution >= 4 is 46.3 Å². The van der Waals surface area contributed by atoms with Crippen molar-refractivity contribution in [3.8, 4) is 11.5 Å². The van der Waals surface area contributed by atoms with Gasteiger partial charge in [-0.1, -0.05) is 6.07 Å². The van der Waals surface area contributed by atoms with Gasteiger partial charge in [-0.25, -0.2) is 4.99 Å². The summed E-state index contributed by atoms with van der Waals surface area (Å²) in [5.74, 6) is 2.44. The standard InChI is InChI=1S/C20H28N4O2S.HI/c1-4-21-20(22-15-16-7-8-17(25-2)18(14-16)26-3)24-11-9-23(10-12-24)19-6-5-13-27-19;/h5-8,13-14H,4,9-12,15H2,1-3H3,(H,21,22);1H. The molecule has 0 bridgehead atoms. The molecular weight excluding hydrogens is 487 g/mol. The Balaban J connectivity index is 0.00000280. The third-order valence-corrected chi connectivity index (χ3v) is 5.52. The molecule has 2 heterocycles. The van der Waals surface area contributed by atoms with Crippen LogP contribution in [0.15, 0.2) is 40.7 Å². The molecular formula is C20H29IN4O2S. The number of hydrogen-bond acceptors (Lipinski definition) is 5. The summed E-state index contributed by atoms with van der Waals surface area (Å²) in [4.78, 5) is 9.63. The summed E-state index contributed by atoms with van der Waals surface area (Å²) in [6, 6.07) is 10.2. The van der Waals surface area contributed by atoms with Crippen LogP contribution in [0.1, 0.15) is 12.5 Å². The molecule has 0 amide bonds. The second-order valence-electron chi connectivity index (χ2n) is 6.28. The molecule has 2 aromatic rings. The van der Waals surface area contributed by atoms with E-state index in [4.69, 9.17) is 14.5 Å². The fourth-order valence-corrected chi connectivity index (χ4v) is 3.94. The number of nitrogens with one attached hydrogen (secondary N) is 1. The maximum Gasteiger partial charge on any atom is 0.194 e. The van der Waals surface area contributed by atoms with E-state index in [1.165, 1.54) is 5.00 Å². The SMILES string of the molecule is CCNC(=NCc1ccc(OC)c(OC)c1)N1CCN(c2cccs2)CC1.I. The summed E-state index contributed by atoms with van der Waals surface area (Å²) in [7, 11) is 3.30. The summed E-state index contributed by atoms with van der Waals surface area (Å²) >= 11 is 1.80. The molecule has 0 unspecified atom stereocenters. The van der Waals surface area contributed by atoms with Gasteiger partial charge in [0.05, 0.1) is 25.8 Å². The van der Waals surface area contributed by atoms with Gasteiger partial charge in [0.15, 0.2) is 17.5 Å². The molecule has 0 atom stereocenters. The van der Waals surface area contributed by atoms with Gasteiger partial charge in [-0.2, -0.15) is 0 Å². The maximum atomic E-state index is 5.39. The van der Waals surface area contributed by atoms with Crippen molar-refractivity contribution in [1.82, 2.24) is 10.2 Å². The molecule has 154 valence electrons. The van der Waals surface area contributed by atoms with Gasteiger partial charge in [0.25, 0.3) is 0 Å². The Morgan fingerprint density at radius 1 is 1.11 bits per heavy atom. The molecule has 0 aliphatic carbocycles. The van der Waals surface area contributed by atoms with Crippen molar-refractivity contribution in [3.63, 3.8) is 0 Å². The van der Waals surface area contributed by atoms with Gasteiger partial charge < -0.3 is 24.6 Å². The Hall–Kier alpha value is -1.68. The van der Waals surface area contributed by atoms with Crippen LogP contribution >= 0.6 is 35.3 Å². The van der Waals surface area contributed by atoms with Crippen LogP contribution in [0.2, 0.25) is 0 Å². The van der Waals surface area contributed by atoms with Crippen LogP contribution in [-0.4, -0.2) is 57.8 Å². The molecule has 1 saturated heterocycles. The van der Waals surface area contributed by atoms with Crippen LogP contribution < -0.4 is 19.7 Å². The number of guanidine groups is 1. The van der Waals surface area contributed by atoms with E-state index in [2.05, 4.69) is 39.6 Å². The molecule has 1 aromatic carbocycles. The highest BCUT2D eigenvalue weighted by Gasteiger charge is 2.20. The van der Waals surface area contributed by atoms with Gasteiger partial charge >= 0.3 is 0 Å². The molecule has 3 rings (SSSR count). The first-order valence-electron chi connectivity index (χ1n) is 9.27. The van der Waals surface area contributed by atoms with E-state index in [0.717, 1.165) is 55.7 Å². The number of ether oxygens (including phenoxy) is 2. The summed E-state index contributed by atoms with van der Waals surface area (Å²) < 4.78 is 10.7. The minimum absolute atomic E-state index is 0. The van der Waals surface area contributed by atoms with Gasteiger partial charge in [0.2, 0.25) is 0 Å². The monoisotopic (exact) mass is 516 g/mol. The van der Waals surface area contributed by atoms with Gasteiger partial charge in [-0.15, -0.1) is 35.3 Å². The number of hydrogen-bond donors (Lipinski definition) is 1. The van der Waals surface area contributed by atoms with Crippen molar-refractivity contribution in [2.24, 2.45) is 4.99 Å². The minimum Gasteiger partial charge on any atom is -0.493 e. The van der Waals surface area contributed by atoms with Gasteiger partial charge in [0, 0.05) is 32.7 Å². The molecule has 1 aromatic heterocycles. The van der Waals surface area contributed by atoms with Crippen LogP contribution in [0, 0.1) is 0 Å². The molecule has 1 aliphatic heterocycles. The van der Waals surface area contributed by atoms with Crippen LogP contribution in [-0.2, 0) is 6.54 Å². The molecule has 1 N–H and O–H groups in total. The number of aliphatic imine (C=N–C) groups is 1. The molecule has 0 radical (unpaired) electrons. The second-order valence-corrected chi connectivity index (χ2v) is 7.21. The predicted molar refractivity (Wildman–Crippen MR) is 128 cm³/mol. The van der Waals surface area contributed by atoms with Crippen LogP contribution in [0.5, 0.6) is 11.5 Å². The lowest BCUT2D eigenvalue weighted by atomic mass is 10.2. The number of piperazine rings is 1. The van der Waals surface area contributed by atoms with E-state index in [9.17, 15) is 0 Å². The Morgan fingerprint density at radius 2 is 1.86 bits per heavy atom. The highest BCUT2D eigenvalue weighted by molar-refractivity contribution is 14.0. The van der Waals surface area contributed by atoms with E-state index in [0.29, 0.717) is 6.54 Å². The quantitative estimate of drug-likeness (QED) is 0.361. The molecule has 0 saturated carbocycles. The Kier molecular flexibility index (Phi) is 9.17. The van der Waals surface area contributed by atoms with Crippen LogP contribution in [0.3, 0.4) is 0 Å². The Morgan fingerprint density at radius 3 is 2.46 bits per heavy atom. The largest absolute Gasteiger partial charge is 0.493 e. The molecule has 6 nitrogen and oxygen atoms in total. The first kappa shape index (κ1) is 22.6. The van der Waals surface area contributed by atoms with Crippen molar-refractivity contribution in [2.75, 3.05) is 51.8 Å². The lowest BCUT2D eigenvalue weighted by Gasteiger charge is -2.37. The molecule has 1 aliphatic rings. The van der Waals surface area contributed by atoms with Crippen molar-refractivity contribution in [1.29, 1.82) is 0 Å². The normalized spacial score (nSPS) is 14.5. The lowest BCUT2D eigenvalue weighted by molar-refractivity contribution is 0.354. The highest BCUT2D eigenvalue weighted by Crippen LogP contribution is 2.28. The second kappa shape index (κ2) is 11.4. The topological polar surface area (TPSA) is 49.3 Å². The number of benzene rings is 1. The number of rotatable bonds is 6. The zero-order valence-electron chi connectivity index (χ0n) is 16.7.